The van der Waals surface area contributed by atoms with E-state index in [0.717, 1.165) is 36.3 Å². The maximum Gasteiger partial charge on any atom is 0.191 e. The van der Waals surface area contributed by atoms with Gasteiger partial charge in [0.05, 0.1) is 12.1 Å². The highest BCUT2D eigenvalue weighted by atomic mass is 127. The lowest BCUT2D eigenvalue weighted by molar-refractivity contribution is 0.0778. The Hall–Kier alpha value is 0.310. The molecule has 6 heteroatoms. The lowest BCUT2D eigenvalue weighted by Gasteiger charge is -2.30. The Labute approximate surface area is 156 Å². The number of hydrogen-bond donors (Lipinski definition) is 3. The quantitative estimate of drug-likeness (QED) is 0.349. The highest BCUT2D eigenvalue weighted by molar-refractivity contribution is 14.0. The molecule has 1 saturated carbocycles. The summed E-state index contributed by atoms with van der Waals surface area (Å²) in [7, 11) is 0. The Balaban J connectivity index is 0.00000242. The van der Waals surface area contributed by atoms with Crippen molar-refractivity contribution < 1.29 is 5.11 Å². The van der Waals surface area contributed by atoms with Crippen LogP contribution < -0.4 is 10.6 Å². The first-order chi connectivity index (χ1) is 10.1. The van der Waals surface area contributed by atoms with Crippen molar-refractivity contribution in [3.63, 3.8) is 0 Å². The summed E-state index contributed by atoms with van der Waals surface area (Å²) in [6.07, 6.45) is 7.31. The van der Waals surface area contributed by atoms with Crippen molar-refractivity contribution in [2.75, 3.05) is 24.6 Å². The van der Waals surface area contributed by atoms with E-state index in [-0.39, 0.29) is 24.0 Å². The molecule has 3 N–H and O–H groups in total. The molecule has 1 saturated heterocycles. The van der Waals surface area contributed by atoms with Gasteiger partial charge in [0.1, 0.15) is 0 Å². The van der Waals surface area contributed by atoms with E-state index in [1.807, 2.05) is 11.8 Å². The maximum absolute atomic E-state index is 10.4. The smallest absolute Gasteiger partial charge is 0.191 e. The van der Waals surface area contributed by atoms with Crippen LogP contribution in [-0.2, 0) is 0 Å². The van der Waals surface area contributed by atoms with Gasteiger partial charge in [-0.1, -0.05) is 13.3 Å². The van der Waals surface area contributed by atoms with Gasteiger partial charge in [-0.2, -0.15) is 11.8 Å². The van der Waals surface area contributed by atoms with Crippen LogP contribution in [0.5, 0.6) is 0 Å². The second-order valence-electron chi connectivity index (χ2n) is 6.49. The zero-order valence-electron chi connectivity index (χ0n) is 13.9. The Morgan fingerprint density at radius 2 is 2.00 bits per heavy atom. The molecule has 4 nitrogen and oxygen atoms in total. The number of rotatable bonds is 5. The third kappa shape index (κ3) is 6.43. The summed E-state index contributed by atoms with van der Waals surface area (Å²) < 4.78 is 0. The number of guanidine groups is 1. The zero-order valence-corrected chi connectivity index (χ0v) is 17.1. The molecule has 0 spiro atoms. The second-order valence-corrected chi connectivity index (χ2v) is 7.60. The molecule has 22 heavy (non-hydrogen) atoms. The Kier molecular flexibility index (Phi) is 9.47. The molecular formula is C16H32IN3OS. The first-order valence-corrected chi connectivity index (χ1v) is 9.65. The molecule has 1 aliphatic carbocycles. The van der Waals surface area contributed by atoms with E-state index in [9.17, 15) is 5.11 Å². The fraction of sp³-hybridized carbons (Fsp3) is 0.938. The van der Waals surface area contributed by atoms with Gasteiger partial charge in [-0.05, 0) is 50.7 Å². The number of aliphatic hydroxyl groups is 1. The van der Waals surface area contributed by atoms with Crippen LogP contribution in [0.1, 0.15) is 52.4 Å². The number of hydrogen-bond acceptors (Lipinski definition) is 3. The van der Waals surface area contributed by atoms with Gasteiger partial charge in [0.25, 0.3) is 0 Å². The van der Waals surface area contributed by atoms with E-state index in [1.54, 1.807) is 0 Å². The molecule has 1 heterocycles. The van der Waals surface area contributed by atoms with Crippen molar-refractivity contribution in [1.29, 1.82) is 0 Å². The maximum atomic E-state index is 10.4. The lowest BCUT2D eigenvalue weighted by atomic mass is 9.84. The molecule has 2 aliphatic rings. The van der Waals surface area contributed by atoms with Crippen LogP contribution in [-0.4, -0.2) is 47.3 Å². The van der Waals surface area contributed by atoms with Crippen molar-refractivity contribution >= 4 is 41.7 Å². The molecule has 0 aromatic heterocycles. The third-order valence-electron chi connectivity index (χ3n) is 4.72. The Morgan fingerprint density at radius 3 is 2.55 bits per heavy atom. The highest BCUT2D eigenvalue weighted by Crippen LogP contribution is 2.28. The minimum Gasteiger partial charge on any atom is -0.387 e. The molecule has 2 rings (SSSR count). The molecule has 2 fully saturated rings. The molecule has 0 aromatic carbocycles. The first kappa shape index (κ1) is 20.4. The van der Waals surface area contributed by atoms with E-state index in [0.29, 0.717) is 12.6 Å². The average Bonchev–Trinajstić information content (AvgIpc) is 2.93. The normalized spacial score (nSPS) is 32.4. The van der Waals surface area contributed by atoms with Crippen LogP contribution in [0.25, 0.3) is 0 Å². The summed E-state index contributed by atoms with van der Waals surface area (Å²) in [5.74, 6) is 3.66. The number of thioether (sulfide) groups is 1. The summed E-state index contributed by atoms with van der Waals surface area (Å²) in [5, 5.41) is 17.3. The second kappa shape index (κ2) is 10.2. The Morgan fingerprint density at radius 1 is 1.27 bits per heavy atom. The van der Waals surface area contributed by atoms with Crippen molar-refractivity contribution in [3.8, 4) is 0 Å². The van der Waals surface area contributed by atoms with Crippen LogP contribution >= 0.6 is 35.7 Å². The van der Waals surface area contributed by atoms with Crippen molar-refractivity contribution in [2.24, 2.45) is 10.9 Å². The molecular weight excluding hydrogens is 409 g/mol. The predicted octanol–water partition coefficient (Wildman–Crippen LogP) is 3.00. The number of nitrogens with zero attached hydrogens (tertiary/aromatic N) is 1. The molecule has 1 unspecified atom stereocenters. The van der Waals surface area contributed by atoms with E-state index < -0.39 is 5.60 Å². The minimum absolute atomic E-state index is 0. The molecule has 0 amide bonds. The van der Waals surface area contributed by atoms with Gasteiger partial charge in [0, 0.05) is 18.3 Å². The van der Waals surface area contributed by atoms with E-state index in [1.165, 1.54) is 32.1 Å². The first-order valence-electron chi connectivity index (χ1n) is 8.50. The van der Waals surface area contributed by atoms with Crippen LogP contribution in [0.3, 0.4) is 0 Å². The molecule has 130 valence electrons. The third-order valence-corrected chi connectivity index (χ3v) is 5.96. The standard InChI is InChI=1S/C16H31N3OS.HI/c1-3-13-5-7-14(8-6-13)19-15(17-4-2)18-11-16(20)9-10-21-12-16;/h13-14,20H,3-12H2,1-2H3,(H2,17,18,19);1H. The number of nitrogens with one attached hydrogen (secondary N) is 2. The van der Waals surface area contributed by atoms with Crippen molar-refractivity contribution in [1.82, 2.24) is 10.6 Å². The van der Waals surface area contributed by atoms with Crippen LogP contribution in [0.15, 0.2) is 4.99 Å². The molecule has 0 bridgehead atoms. The van der Waals surface area contributed by atoms with E-state index >= 15 is 0 Å². The van der Waals surface area contributed by atoms with Crippen LogP contribution in [0.4, 0.5) is 0 Å². The minimum atomic E-state index is -0.590. The molecule has 0 radical (unpaired) electrons. The van der Waals surface area contributed by atoms with Gasteiger partial charge in [0.2, 0.25) is 0 Å². The fourth-order valence-corrected chi connectivity index (χ4v) is 4.46. The van der Waals surface area contributed by atoms with E-state index in [2.05, 4.69) is 29.5 Å². The largest absolute Gasteiger partial charge is 0.387 e. The van der Waals surface area contributed by atoms with Gasteiger partial charge >= 0.3 is 0 Å². The Bertz CT molecular complexity index is 340. The molecule has 1 atom stereocenters. The monoisotopic (exact) mass is 441 g/mol. The summed E-state index contributed by atoms with van der Waals surface area (Å²) in [5.41, 5.74) is -0.590. The summed E-state index contributed by atoms with van der Waals surface area (Å²) >= 11 is 1.82. The van der Waals surface area contributed by atoms with Crippen LogP contribution in [0, 0.1) is 5.92 Å². The number of halogens is 1. The topological polar surface area (TPSA) is 56.7 Å². The van der Waals surface area contributed by atoms with Gasteiger partial charge in [-0.3, -0.25) is 4.99 Å². The van der Waals surface area contributed by atoms with Crippen molar-refractivity contribution in [2.45, 2.75) is 64.0 Å². The number of aliphatic imine (C=N–C) groups is 1. The SMILES string of the molecule is CCNC(=NCC1(O)CCSC1)NC1CCC(CC)CC1.I. The summed E-state index contributed by atoms with van der Waals surface area (Å²) in [6, 6.07) is 0.540. The zero-order chi connectivity index (χ0) is 15.1. The predicted molar refractivity (Wildman–Crippen MR) is 107 cm³/mol. The fourth-order valence-electron chi connectivity index (χ4n) is 3.18. The van der Waals surface area contributed by atoms with Gasteiger partial charge in [0.15, 0.2) is 5.96 Å². The summed E-state index contributed by atoms with van der Waals surface area (Å²) in [6.45, 7) is 5.76. The molecule has 0 aromatic rings. The molecule has 1 aliphatic heterocycles. The summed E-state index contributed by atoms with van der Waals surface area (Å²) in [4.78, 5) is 4.63. The average molecular weight is 441 g/mol. The van der Waals surface area contributed by atoms with Crippen LogP contribution in [0.2, 0.25) is 0 Å². The van der Waals surface area contributed by atoms with Gasteiger partial charge in [-0.15, -0.1) is 24.0 Å². The van der Waals surface area contributed by atoms with Gasteiger partial charge < -0.3 is 15.7 Å². The lowest BCUT2D eigenvalue weighted by Crippen LogP contribution is -2.46. The van der Waals surface area contributed by atoms with E-state index in [4.69, 9.17) is 0 Å². The highest BCUT2D eigenvalue weighted by Gasteiger charge is 2.31. The van der Waals surface area contributed by atoms with Gasteiger partial charge in [-0.25, -0.2) is 0 Å². The van der Waals surface area contributed by atoms with Crippen molar-refractivity contribution in [3.05, 3.63) is 0 Å².